The van der Waals surface area contributed by atoms with Crippen LogP contribution in [0.1, 0.15) is 43.7 Å². The Morgan fingerprint density at radius 3 is 2.27 bits per heavy atom. The molecular formula is C36H38FIN2O5. The Kier molecular flexibility index (Phi) is 13.2. The van der Waals surface area contributed by atoms with Gasteiger partial charge in [0.05, 0.1) is 5.41 Å². The Hall–Kier alpha value is -4.09. The van der Waals surface area contributed by atoms with E-state index >= 15 is 0 Å². The highest BCUT2D eigenvalue weighted by atomic mass is 127. The van der Waals surface area contributed by atoms with Crippen molar-refractivity contribution in [3.63, 3.8) is 0 Å². The molecule has 1 fully saturated rings. The van der Waals surface area contributed by atoms with Gasteiger partial charge < -0.3 is 15.5 Å². The number of halogens is 2. The average Bonchev–Trinajstić information content (AvgIpc) is 3.02. The Morgan fingerprint density at radius 1 is 0.933 bits per heavy atom. The summed E-state index contributed by atoms with van der Waals surface area (Å²) in [6.45, 7) is 4.82. The summed E-state index contributed by atoms with van der Waals surface area (Å²) in [6, 6.07) is 22.3. The van der Waals surface area contributed by atoms with Gasteiger partial charge in [-0.2, -0.15) is 0 Å². The van der Waals surface area contributed by atoms with E-state index in [0.29, 0.717) is 0 Å². The van der Waals surface area contributed by atoms with Crippen molar-refractivity contribution in [1.82, 2.24) is 4.90 Å². The van der Waals surface area contributed by atoms with Gasteiger partial charge in [-0.15, -0.1) is 24.0 Å². The van der Waals surface area contributed by atoms with Gasteiger partial charge in [-0.05, 0) is 97.9 Å². The van der Waals surface area contributed by atoms with Crippen molar-refractivity contribution in [3.8, 4) is 11.1 Å². The standard InChI is InChI=1S/C27H27FN2O.C9H10O4.HI/c28-25-12-10-23(11-13-25)24-6-4-5-21(19-24)9-16-27(31)29-26-14-7-22(8-15-26)20-30-17-2-1-3-18-30;1-9(8(12)13)4-2-3-6(5-9)7(10)11;/h4-16,19H,1-3,17-18,20H2,(H,29,31);2-4H,5H2,1H3,(H,10,11)(H,12,13);1H. The van der Waals surface area contributed by atoms with E-state index in [4.69, 9.17) is 10.2 Å². The average molecular weight is 725 g/mol. The van der Waals surface area contributed by atoms with Crippen molar-refractivity contribution < 1.29 is 29.0 Å². The number of carboxylic acids is 2. The first-order valence-corrected chi connectivity index (χ1v) is 14.6. The zero-order valence-corrected chi connectivity index (χ0v) is 27.4. The number of benzene rings is 3. The van der Waals surface area contributed by atoms with Crippen molar-refractivity contribution in [2.75, 3.05) is 18.4 Å². The first kappa shape index (κ1) is 35.4. The van der Waals surface area contributed by atoms with E-state index in [2.05, 4.69) is 22.3 Å². The summed E-state index contributed by atoms with van der Waals surface area (Å²) in [4.78, 5) is 36.2. The molecule has 0 saturated carbocycles. The summed E-state index contributed by atoms with van der Waals surface area (Å²) in [5, 5.41) is 20.4. The van der Waals surface area contributed by atoms with Gasteiger partial charge in [-0.25, -0.2) is 9.18 Å². The third-order valence-electron chi connectivity index (χ3n) is 7.65. The smallest absolute Gasteiger partial charge is 0.331 e. The number of hydrogen-bond acceptors (Lipinski definition) is 4. The summed E-state index contributed by atoms with van der Waals surface area (Å²) in [5.74, 6) is -2.49. The van der Waals surface area contributed by atoms with Crippen LogP contribution < -0.4 is 5.32 Å². The van der Waals surface area contributed by atoms with Crippen LogP contribution in [0.3, 0.4) is 0 Å². The van der Waals surface area contributed by atoms with Crippen LogP contribution in [0.25, 0.3) is 17.2 Å². The van der Waals surface area contributed by atoms with Gasteiger partial charge in [-0.1, -0.05) is 67.1 Å². The molecule has 1 aliphatic carbocycles. The molecule has 2 aliphatic rings. The van der Waals surface area contributed by atoms with E-state index in [-0.39, 0.29) is 47.7 Å². The third kappa shape index (κ3) is 10.8. The van der Waals surface area contributed by atoms with Gasteiger partial charge in [0, 0.05) is 23.9 Å². The Labute approximate surface area is 280 Å². The molecule has 0 radical (unpaired) electrons. The fourth-order valence-electron chi connectivity index (χ4n) is 5.07. The second-order valence-electron chi connectivity index (χ2n) is 11.2. The van der Waals surface area contributed by atoms with Gasteiger partial charge in [-0.3, -0.25) is 14.5 Å². The number of nitrogens with zero attached hydrogens (tertiary/aromatic N) is 1. The van der Waals surface area contributed by atoms with Crippen molar-refractivity contribution in [3.05, 3.63) is 120 Å². The van der Waals surface area contributed by atoms with Gasteiger partial charge in [0.15, 0.2) is 0 Å². The maximum atomic E-state index is 13.1. The molecule has 5 rings (SSSR count). The number of aliphatic carboxylic acids is 2. The first-order valence-electron chi connectivity index (χ1n) is 14.6. The van der Waals surface area contributed by atoms with Gasteiger partial charge in [0.2, 0.25) is 5.91 Å². The minimum absolute atomic E-state index is 0. The van der Waals surface area contributed by atoms with Crippen LogP contribution in [0, 0.1) is 11.2 Å². The van der Waals surface area contributed by atoms with E-state index in [0.717, 1.165) is 28.9 Å². The van der Waals surface area contributed by atoms with E-state index in [1.54, 1.807) is 18.2 Å². The zero-order valence-electron chi connectivity index (χ0n) is 25.1. The number of rotatable bonds is 8. The molecular weight excluding hydrogens is 686 g/mol. The van der Waals surface area contributed by atoms with Crippen molar-refractivity contribution in [1.29, 1.82) is 0 Å². The molecule has 1 unspecified atom stereocenters. The number of allylic oxidation sites excluding steroid dienone is 2. The SMILES string of the molecule is CC1(C(=O)O)C=CC=C(C(=O)O)C1.I.O=C(C=Cc1cccc(-c2ccc(F)cc2)c1)Nc1ccc(CN2CCCCC2)cc1. The van der Waals surface area contributed by atoms with Gasteiger partial charge in [0.25, 0.3) is 0 Å². The second-order valence-corrected chi connectivity index (χ2v) is 11.2. The number of anilines is 1. The molecule has 1 aliphatic heterocycles. The summed E-state index contributed by atoms with van der Waals surface area (Å²) < 4.78 is 13.1. The van der Waals surface area contributed by atoms with Crippen LogP contribution in [0.4, 0.5) is 10.1 Å². The summed E-state index contributed by atoms with van der Waals surface area (Å²) in [7, 11) is 0. The molecule has 0 aromatic heterocycles. The first-order chi connectivity index (χ1) is 21.1. The molecule has 7 nitrogen and oxygen atoms in total. The monoisotopic (exact) mass is 724 g/mol. The van der Waals surface area contributed by atoms with Crippen LogP contribution in [0.15, 0.2) is 103 Å². The fraction of sp³-hybridized carbons (Fsp3) is 0.250. The van der Waals surface area contributed by atoms with E-state index in [9.17, 15) is 18.8 Å². The van der Waals surface area contributed by atoms with Crippen molar-refractivity contribution in [2.24, 2.45) is 5.41 Å². The summed E-state index contributed by atoms with van der Waals surface area (Å²) in [6.07, 6.45) is 11.7. The number of carbonyl (C=O) groups excluding carboxylic acids is 1. The zero-order chi connectivity index (χ0) is 31.5. The highest BCUT2D eigenvalue weighted by Crippen LogP contribution is 2.31. The lowest BCUT2D eigenvalue weighted by molar-refractivity contribution is -0.145. The van der Waals surface area contributed by atoms with E-state index in [1.807, 2.05) is 36.4 Å². The molecule has 0 spiro atoms. The molecule has 1 saturated heterocycles. The molecule has 0 bridgehead atoms. The lowest BCUT2D eigenvalue weighted by atomic mass is 9.80. The molecule has 3 N–H and O–H groups in total. The van der Waals surface area contributed by atoms with Crippen molar-refractivity contribution >= 4 is 53.6 Å². The Balaban J connectivity index is 0.000000333. The molecule has 236 valence electrons. The molecule has 45 heavy (non-hydrogen) atoms. The predicted molar refractivity (Wildman–Crippen MR) is 186 cm³/mol. The number of likely N-dealkylation sites (tertiary alicyclic amines) is 1. The highest BCUT2D eigenvalue weighted by Gasteiger charge is 2.34. The molecule has 1 heterocycles. The van der Waals surface area contributed by atoms with Crippen LogP contribution >= 0.6 is 24.0 Å². The van der Waals surface area contributed by atoms with Crippen LogP contribution in [-0.2, 0) is 20.9 Å². The summed E-state index contributed by atoms with van der Waals surface area (Å²) >= 11 is 0. The highest BCUT2D eigenvalue weighted by molar-refractivity contribution is 14.0. The lowest BCUT2D eigenvalue weighted by Gasteiger charge is -2.26. The van der Waals surface area contributed by atoms with E-state index in [1.165, 1.54) is 81.3 Å². The Bertz CT molecular complexity index is 1560. The maximum absolute atomic E-state index is 13.1. The van der Waals surface area contributed by atoms with Crippen LogP contribution in [-0.4, -0.2) is 46.0 Å². The second kappa shape index (κ2) is 16.8. The minimum atomic E-state index is -1.08. The predicted octanol–water partition coefficient (Wildman–Crippen LogP) is 7.80. The molecule has 3 aromatic rings. The fourth-order valence-corrected chi connectivity index (χ4v) is 5.07. The molecule has 3 aromatic carbocycles. The summed E-state index contributed by atoms with van der Waals surface area (Å²) in [5.41, 5.74) is 3.94. The van der Waals surface area contributed by atoms with Crippen LogP contribution in [0.2, 0.25) is 0 Å². The minimum Gasteiger partial charge on any atom is -0.481 e. The molecule has 1 amide bonds. The molecule has 1 atom stereocenters. The van der Waals surface area contributed by atoms with Crippen molar-refractivity contribution in [2.45, 2.75) is 39.2 Å². The largest absolute Gasteiger partial charge is 0.481 e. The normalized spacial score (nSPS) is 17.8. The van der Waals surface area contributed by atoms with Gasteiger partial charge >= 0.3 is 11.9 Å². The van der Waals surface area contributed by atoms with E-state index < -0.39 is 17.4 Å². The van der Waals surface area contributed by atoms with Gasteiger partial charge in [0.1, 0.15) is 5.82 Å². The molecule has 9 heteroatoms. The lowest BCUT2D eigenvalue weighted by Crippen LogP contribution is -2.29. The third-order valence-corrected chi connectivity index (χ3v) is 7.65. The number of piperidine rings is 1. The Morgan fingerprint density at radius 2 is 1.62 bits per heavy atom. The van der Waals surface area contributed by atoms with Crippen LogP contribution in [0.5, 0.6) is 0 Å². The number of amides is 1. The number of nitrogens with one attached hydrogen (secondary N) is 1. The number of hydrogen-bond donors (Lipinski definition) is 3. The quantitative estimate of drug-likeness (QED) is 0.162. The maximum Gasteiger partial charge on any atom is 0.331 e. The number of carboxylic acid groups (broad SMARTS) is 2. The number of carbonyl (C=O) groups is 3. The topological polar surface area (TPSA) is 107 Å².